The van der Waals surface area contributed by atoms with Crippen LogP contribution in [0.3, 0.4) is 0 Å². The Hall–Kier alpha value is -4.30. The summed E-state index contributed by atoms with van der Waals surface area (Å²) < 4.78 is 0. The number of para-hydroxylation sites is 1. The van der Waals surface area contributed by atoms with Gasteiger partial charge in [-0.05, 0) is 53.5 Å². The predicted molar refractivity (Wildman–Crippen MR) is 149 cm³/mol. The topological polar surface area (TPSA) is 81.8 Å². The van der Waals surface area contributed by atoms with E-state index in [1.165, 1.54) is 21.6 Å². The molecule has 188 valence electrons. The number of hydrogen-bond acceptors (Lipinski definition) is 4. The van der Waals surface area contributed by atoms with Crippen LogP contribution in [0.15, 0.2) is 114 Å². The van der Waals surface area contributed by atoms with E-state index in [4.69, 9.17) is 0 Å². The maximum absolute atomic E-state index is 13.7. The van der Waals surface area contributed by atoms with Crippen LogP contribution in [0, 0.1) is 6.92 Å². The van der Waals surface area contributed by atoms with Crippen molar-refractivity contribution in [2.24, 2.45) is 0 Å². The lowest BCUT2D eigenvalue weighted by Crippen LogP contribution is -2.53. The molecule has 7 nitrogen and oxygen atoms in total. The third-order valence-electron chi connectivity index (χ3n) is 6.21. The standard InChI is InChI=1S/C29H28N4O3S/c1-17-10-9-11-23(14-17)30-29(36)31-24-16-37-26-13-8-7-12-25(26)32(28(24)35)15-27(34)33-21(5)19(3)18(2)20(4)22(33)6/h7-14,24H,2-6,15-16H2,1H3,(H2,30,31,36). The number of urea groups is 1. The molecular weight excluding hydrogens is 484 g/mol. The molecule has 2 aliphatic heterocycles. The largest absolute Gasteiger partial charge is 0.325 e. The van der Waals surface area contributed by atoms with Crippen molar-refractivity contribution in [3.63, 3.8) is 0 Å². The molecular formula is C29H28N4O3S. The second kappa shape index (κ2) is 10.4. The summed E-state index contributed by atoms with van der Waals surface area (Å²) in [6.45, 7) is 21.4. The van der Waals surface area contributed by atoms with Crippen LogP contribution in [0.2, 0.25) is 0 Å². The van der Waals surface area contributed by atoms with Crippen LogP contribution in [0.25, 0.3) is 0 Å². The van der Waals surface area contributed by atoms with E-state index in [1.807, 2.05) is 37.3 Å². The molecule has 0 spiro atoms. The average molecular weight is 513 g/mol. The minimum absolute atomic E-state index is 0.292. The van der Waals surface area contributed by atoms with E-state index in [1.54, 1.807) is 18.2 Å². The van der Waals surface area contributed by atoms with Crippen LogP contribution in [0.5, 0.6) is 0 Å². The third-order valence-corrected chi connectivity index (χ3v) is 7.37. The lowest BCUT2D eigenvalue weighted by atomic mass is 9.91. The Balaban J connectivity index is 1.58. The number of rotatable bonds is 4. The first-order valence-electron chi connectivity index (χ1n) is 11.5. The average Bonchev–Trinajstić information content (AvgIpc) is 2.99. The van der Waals surface area contributed by atoms with Crippen molar-refractivity contribution in [1.29, 1.82) is 0 Å². The van der Waals surface area contributed by atoms with Crippen molar-refractivity contribution in [3.05, 3.63) is 115 Å². The second-order valence-corrected chi connectivity index (χ2v) is 9.84. The number of nitrogens with one attached hydrogen (secondary N) is 2. The van der Waals surface area contributed by atoms with Crippen molar-refractivity contribution in [1.82, 2.24) is 10.2 Å². The summed E-state index contributed by atoms with van der Waals surface area (Å²) >= 11 is 1.44. The number of carbonyl (C=O) groups is 3. The second-order valence-electron chi connectivity index (χ2n) is 8.78. The van der Waals surface area contributed by atoms with Crippen LogP contribution in [0.4, 0.5) is 16.2 Å². The number of piperidine rings is 1. The summed E-state index contributed by atoms with van der Waals surface area (Å²) in [5.41, 5.74) is 4.40. The number of amides is 4. The van der Waals surface area contributed by atoms with E-state index >= 15 is 0 Å². The zero-order valence-corrected chi connectivity index (χ0v) is 21.5. The van der Waals surface area contributed by atoms with E-state index < -0.39 is 23.9 Å². The molecule has 0 aliphatic carbocycles. The van der Waals surface area contributed by atoms with Crippen molar-refractivity contribution in [3.8, 4) is 0 Å². The van der Waals surface area contributed by atoms with Crippen LogP contribution in [-0.2, 0) is 9.59 Å². The number of fused-ring (bicyclic) bond motifs is 1. The highest BCUT2D eigenvalue weighted by Gasteiger charge is 2.36. The number of likely N-dealkylation sites (tertiary alicyclic amines) is 1. The van der Waals surface area contributed by atoms with Gasteiger partial charge in [0.05, 0.1) is 5.69 Å². The first-order valence-corrected chi connectivity index (χ1v) is 12.5. The van der Waals surface area contributed by atoms with Gasteiger partial charge in [-0.3, -0.25) is 14.5 Å². The zero-order chi connectivity index (χ0) is 26.9. The summed E-state index contributed by atoms with van der Waals surface area (Å²) in [7, 11) is 0. The normalized spacial score (nSPS) is 17.9. The van der Waals surface area contributed by atoms with Gasteiger partial charge in [0, 0.05) is 27.7 Å². The molecule has 1 saturated heterocycles. The third kappa shape index (κ3) is 5.15. The number of anilines is 2. The highest BCUT2D eigenvalue weighted by atomic mass is 32.2. The number of carbonyl (C=O) groups excluding carboxylic acids is 3. The maximum atomic E-state index is 13.7. The van der Waals surface area contributed by atoms with Gasteiger partial charge in [0.2, 0.25) is 0 Å². The van der Waals surface area contributed by atoms with Gasteiger partial charge < -0.3 is 15.5 Å². The summed E-state index contributed by atoms with van der Waals surface area (Å²) in [5.74, 6) is -0.526. The number of aryl methyl sites for hydroxylation is 1. The molecule has 1 fully saturated rings. The van der Waals surface area contributed by atoms with Crippen LogP contribution in [0.1, 0.15) is 5.56 Å². The molecule has 0 bridgehead atoms. The SMILES string of the molecule is C=C1C(=C)C(=C)N(C(=O)CN2C(=O)C(NC(=O)Nc3cccc(C)c3)CSc3ccccc32)C(=C)C1=C. The summed E-state index contributed by atoms with van der Waals surface area (Å²) in [6, 6.07) is 13.3. The van der Waals surface area contributed by atoms with Gasteiger partial charge in [-0.25, -0.2) is 4.79 Å². The van der Waals surface area contributed by atoms with Gasteiger partial charge >= 0.3 is 6.03 Å². The lowest BCUT2D eigenvalue weighted by Gasteiger charge is -2.36. The highest BCUT2D eigenvalue weighted by molar-refractivity contribution is 7.99. The highest BCUT2D eigenvalue weighted by Crippen LogP contribution is 2.38. The fourth-order valence-corrected chi connectivity index (χ4v) is 5.21. The summed E-state index contributed by atoms with van der Waals surface area (Å²) in [6.07, 6.45) is 0. The summed E-state index contributed by atoms with van der Waals surface area (Å²) in [4.78, 5) is 43.6. The Morgan fingerprint density at radius 1 is 0.973 bits per heavy atom. The Morgan fingerprint density at radius 3 is 2.32 bits per heavy atom. The van der Waals surface area contributed by atoms with Gasteiger partial charge in [-0.2, -0.15) is 0 Å². The Kier molecular flexibility index (Phi) is 7.22. The molecule has 0 radical (unpaired) electrons. The van der Waals surface area contributed by atoms with Crippen molar-refractivity contribution in [2.45, 2.75) is 17.9 Å². The van der Waals surface area contributed by atoms with Crippen LogP contribution in [-0.4, -0.2) is 41.1 Å². The Labute approximate surface area is 220 Å². The number of hydrogen-bond donors (Lipinski definition) is 2. The molecule has 37 heavy (non-hydrogen) atoms. The minimum atomic E-state index is -0.868. The molecule has 0 saturated carbocycles. The molecule has 2 aromatic carbocycles. The monoisotopic (exact) mass is 512 g/mol. The van der Waals surface area contributed by atoms with Crippen LogP contribution >= 0.6 is 11.8 Å². The summed E-state index contributed by atoms with van der Waals surface area (Å²) in [5, 5.41) is 5.54. The number of thioether (sulfide) groups is 1. The molecule has 4 amide bonds. The van der Waals surface area contributed by atoms with E-state index in [9.17, 15) is 14.4 Å². The van der Waals surface area contributed by atoms with Crippen LogP contribution < -0.4 is 15.5 Å². The van der Waals surface area contributed by atoms with Gasteiger partial charge in [0.1, 0.15) is 12.6 Å². The number of allylic oxidation sites excluding steroid dienone is 2. The fraction of sp³-hybridized carbons (Fsp3) is 0.138. The molecule has 0 aromatic heterocycles. The van der Waals surface area contributed by atoms with Gasteiger partial charge in [-0.15, -0.1) is 11.8 Å². The predicted octanol–water partition coefficient (Wildman–Crippen LogP) is 5.16. The first kappa shape index (κ1) is 25.8. The van der Waals surface area contributed by atoms with Crippen molar-refractivity contribution in [2.75, 3.05) is 22.5 Å². The molecule has 1 atom stereocenters. The maximum Gasteiger partial charge on any atom is 0.319 e. The lowest BCUT2D eigenvalue weighted by molar-refractivity contribution is -0.128. The zero-order valence-electron chi connectivity index (χ0n) is 20.7. The van der Waals surface area contributed by atoms with Crippen molar-refractivity contribution >= 4 is 41.0 Å². The fourth-order valence-electron chi connectivity index (χ4n) is 4.14. The molecule has 2 aromatic rings. The van der Waals surface area contributed by atoms with E-state index in [0.29, 0.717) is 45.2 Å². The van der Waals surface area contributed by atoms with Gasteiger partial charge in [0.25, 0.3) is 11.8 Å². The first-order chi connectivity index (χ1) is 17.6. The van der Waals surface area contributed by atoms with E-state index in [-0.39, 0.29) is 6.54 Å². The molecule has 2 aliphatic rings. The Bertz CT molecular complexity index is 1360. The quantitative estimate of drug-likeness (QED) is 0.593. The van der Waals surface area contributed by atoms with Crippen molar-refractivity contribution < 1.29 is 14.4 Å². The molecule has 4 rings (SSSR count). The molecule has 2 N–H and O–H groups in total. The smallest absolute Gasteiger partial charge is 0.319 e. The number of benzene rings is 2. The van der Waals surface area contributed by atoms with Gasteiger partial charge in [0.15, 0.2) is 0 Å². The van der Waals surface area contributed by atoms with Gasteiger partial charge in [-0.1, -0.05) is 57.2 Å². The van der Waals surface area contributed by atoms with E-state index in [0.717, 1.165) is 10.5 Å². The molecule has 2 heterocycles. The Morgan fingerprint density at radius 2 is 1.65 bits per heavy atom. The minimum Gasteiger partial charge on any atom is -0.325 e. The number of nitrogens with zero attached hydrogens (tertiary/aromatic N) is 2. The molecule has 1 unspecified atom stereocenters. The van der Waals surface area contributed by atoms with E-state index in [2.05, 4.69) is 43.5 Å². The molecule has 8 heteroatoms.